The highest BCUT2D eigenvalue weighted by Gasteiger charge is 2.49. The van der Waals surface area contributed by atoms with Gasteiger partial charge in [-0.15, -0.1) is 0 Å². The van der Waals surface area contributed by atoms with Gasteiger partial charge < -0.3 is 41.8 Å². The van der Waals surface area contributed by atoms with E-state index < -0.39 is 95.0 Å². The minimum atomic E-state index is -4.61. The molecule has 1 aliphatic carbocycles. The van der Waals surface area contributed by atoms with Gasteiger partial charge in [-0.1, -0.05) is 73.5 Å². The number of nitrogens with two attached hydrogens (primary N) is 1. The molecule has 4 aromatic rings. The van der Waals surface area contributed by atoms with E-state index in [1.165, 1.54) is 21.9 Å². The largest absolute Gasteiger partial charge is 0.416 e. The molecule has 8 rings (SSSR count). The first-order valence-corrected chi connectivity index (χ1v) is 22.5. The molecule has 1 aromatic heterocycles. The maximum Gasteiger partial charge on any atom is 0.416 e. The van der Waals surface area contributed by atoms with Gasteiger partial charge in [0.25, 0.3) is 0 Å². The smallest absolute Gasteiger partial charge is 0.361 e. The number of alkyl halides is 3. The number of nitrogens with one attached hydrogen (secondary N) is 5. The number of carbonyl (C=O) groups excluding carboxylic acids is 6. The molecule has 0 radical (unpaired) electrons. The molecular formula is C48H55F3N8O6. The summed E-state index contributed by atoms with van der Waals surface area (Å²) in [6.07, 6.45) is 0.370. The number of nitrogens with zero attached hydrogens (tertiary/aromatic N) is 2. The summed E-state index contributed by atoms with van der Waals surface area (Å²) in [5, 5.41) is 12.3. The number of piperidine rings is 1. The van der Waals surface area contributed by atoms with Crippen LogP contribution in [-0.2, 0) is 47.8 Å². The van der Waals surface area contributed by atoms with E-state index in [2.05, 4.69) is 26.3 Å². The number of aromatic nitrogens is 1. The molecule has 1 spiro atoms. The number of hydrogen-bond acceptors (Lipinski definition) is 7. The minimum absolute atomic E-state index is 0.0138. The lowest BCUT2D eigenvalue weighted by atomic mass is 9.93. The third-order valence-electron chi connectivity index (χ3n) is 13.6. The van der Waals surface area contributed by atoms with Gasteiger partial charge in [0.05, 0.1) is 11.6 Å². The number of carbonyl (C=O) groups is 6. The highest BCUT2D eigenvalue weighted by molar-refractivity contribution is 6.00. The van der Waals surface area contributed by atoms with Crippen molar-refractivity contribution >= 4 is 46.3 Å². The lowest BCUT2D eigenvalue weighted by Crippen LogP contribution is -2.66. The summed E-state index contributed by atoms with van der Waals surface area (Å²) in [7, 11) is 0. The zero-order chi connectivity index (χ0) is 46.0. The third-order valence-corrected chi connectivity index (χ3v) is 13.6. The molecular weight excluding hydrogens is 842 g/mol. The Morgan fingerprint density at radius 2 is 1.38 bits per heavy atom. The molecule has 1 saturated carbocycles. The van der Waals surface area contributed by atoms with Crippen molar-refractivity contribution in [2.45, 2.75) is 132 Å². The number of halogens is 3. The van der Waals surface area contributed by atoms with Crippen LogP contribution >= 0.6 is 0 Å². The van der Waals surface area contributed by atoms with Gasteiger partial charge in [0.2, 0.25) is 35.4 Å². The molecule has 17 heteroatoms. The molecule has 7 atom stereocenters. The van der Waals surface area contributed by atoms with E-state index >= 15 is 4.79 Å². The fourth-order valence-corrected chi connectivity index (χ4v) is 10.1. The van der Waals surface area contributed by atoms with E-state index in [0.717, 1.165) is 28.6 Å². The van der Waals surface area contributed by atoms with Crippen LogP contribution in [0.1, 0.15) is 93.0 Å². The molecule has 344 valence electrons. The molecule has 1 unspecified atom stereocenters. The highest BCUT2D eigenvalue weighted by Crippen LogP contribution is 2.39. The van der Waals surface area contributed by atoms with Gasteiger partial charge >= 0.3 is 6.18 Å². The van der Waals surface area contributed by atoms with Gasteiger partial charge in [-0.25, -0.2) is 0 Å². The normalized spacial score (nSPS) is 26.4. The maximum atomic E-state index is 15.2. The minimum Gasteiger partial charge on any atom is -0.361 e. The Balaban J connectivity index is 1.22. The van der Waals surface area contributed by atoms with E-state index in [0.29, 0.717) is 43.2 Å². The summed E-state index contributed by atoms with van der Waals surface area (Å²) >= 11 is 0. The van der Waals surface area contributed by atoms with Crippen molar-refractivity contribution in [1.29, 1.82) is 0 Å². The molecule has 4 heterocycles. The topological polar surface area (TPSA) is 199 Å². The molecule has 3 aromatic carbocycles. The quantitative estimate of drug-likeness (QED) is 0.166. The van der Waals surface area contributed by atoms with Gasteiger partial charge in [-0.3, -0.25) is 28.8 Å². The Kier molecular flexibility index (Phi) is 13.0. The Bertz CT molecular complexity index is 2420. The summed E-state index contributed by atoms with van der Waals surface area (Å²) in [4.78, 5) is 95.0. The molecule has 6 amide bonds. The van der Waals surface area contributed by atoms with Crippen molar-refractivity contribution in [3.63, 3.8) is 0 Å². The SMILES string of the molecule is CC(N)[C@@H]1NC(=O)[C@H](Cc2c[nH]c3ccccc23)NC(=O)C2(CCCC2)NC(=O)[C@H](Cc2ccc(C(F)(F)F)cc2)NC(=O)[C@@H]2CC[C@@H](c3ccccc3)N2C(=O)[C@H]2CCCCN2C1=O. The van der Waals surface area contributed by atoms with Gasteiger partial charge in [0.1, 0.15) is 35.7 Å². The average molecular weight is 897 g/mol. The van der Waals surface area contributed by atoms with Crippen molar-refractivity contribution in [3.8, 4) is 0 Å². The van der Waals surface area contributed by atoms with Crippen LogP contribution in [-0.4, -0.2) is 98.6 Å². The van der Waals surface area contributed by atoms with Crippen molar-refractivity contribution in [1.82, 2.24) is 36.1 Å². The van der Waals surface area contributed by atoms with Crippen LogP contribution in [0.5, 0.6) is 0 Å². The first-order chi connectivity index (χ1) is 31.1. The number of benzene rings is 3. The number of H-pyrrole nitrogens is 1. The number of aromatic amines is 1. The Morgan fingerprint density at radius 3 is 2.09 bits per heavy atom. The number of para-hydroxylation sites is 1. The van der Waals surface area contributed by atoms with E-state index in [-0.39, 0.29) is 45.1 Å². The number of hydrogen-bond donors (Lipinski definition) is 6. The number of fused-ring (bicyclic) bond motifs is 3. The second-order valence-electron chi connectivity index (χ2n) is 18.0. The standard InChI is InChI=1S/C48H55F3N8O6/c1-28(52)40-45(64)58-24-10-7-15-39(58)44(63)59-37(30-11-3-2-4-12-30)20-21-38(59)43(62)54-35(25-29-16-18-32(19-17-29)48(49,50)51)42(61)57-47(22-8-9-23-47)46(65)55-36(41(60)56-40)26-31-27-53-34-14-6-5-13-33(31)34/h2-6,11-14,16-19,27-28,35-40,53H,7-10,15,20-26,52H2,1H3,(H,54,62)(H,55,65)(H,56,60)(H,57,61)/t28?,35-,36-,37-,38-,39+,40-/m0/s1. The van der Waals surface area contributed by atoms with Crippen molar-refractivity contribution in [3.05, 3.63) is 107 Å². The van der Waals surface area contributed by atoms with Crippen LogP contribution in [0.4, 0.5) is 13.2 Å². The van der Waals surface area contributed by atoms with E-state index in [9.17, 15) is 37.1 Å². The Morgan fingerprint density at radius 1 is 0.708 bits per heavy atom. The number of amides is 6. The molecule has 7 N–H and O–H groups in total. The third kappa shape index (κ3) is 9.47. The molecule has 3 aliphatic heterocycles. The van der Waals surface area contributed by atoms with Crippen LogP contribution in [0.2, 0.25) is 0 Å². The molecule has 65 heavy (non-hydrogen) atoms. The van der Waals surface area contributed by atoms with Gasteiger partial charge in [-0.2, -0.15) is 13.2 Å². The first kappa shape index (κ1) is 45.3. The van der Waals surface area contributed by atoms with Crippen LogP contribution in [0.3, 0.4) is 0 Å². The van der Waals surface area contributed by atoms with Crippen LogP contribution < -0.4 is 27.0 Å². The zero-order valence-corrected chi connectivity index (χ0v) is 36.2. The van der Waals surface area contributed by atoms with Gasteiger partial charge in [0, 0.05) is 42.5 Å². The predicted molar refractivity (Wildman–Crippen MR) is 234 cm³/mol. The molecule has 4 aliphatic rings. The molecule has 0 bridgehead atoms. The lowest BCUT2D eigenvalue weighted by Gasteiger charge is -2.42. The van der Waals surface area contributed by atoms with E-state index in [1.54, 1.807) is 13.1 Å². The number of rotatable bonds is 6. The Hall–Kier alpha value is -6.23. The first-order valence-electron chi connectivity index (χ1n) is 22.5. The Labute approximate surface area is 374 Å². The predicted octanol–water partition coefficient (Wildman–Crippen LogP) is 4.33. The molecule has 14 nitrogen and oxygen atoms in total. The fourth-order valence-electron chi connectivity index (χ4n) is 10.1. The van der Waals surface area contributed by atoms with Gasteiger partial charge in [-0.05, 0) is 86.8 Å². The van der Waals surface area contributed by atoms with Gasteiger partial charge in [0.15, 0.2) is 0 Å². The van der Waals surface area contributed by atoms with E-state index in [1.807, 2.05) is 54.6 Å². The zero-order valence-electron chi connectivity index (χ0n) is 36.2. The van der Waals surface area contributed by atoms with Crippen LogP contribution in [0, 0.1) is 0 Å². The average Bonchev–Trinajstić information content (AvgIpc) is 4.07. The molecule has 3 saturated heterocycles. The summed E-state index contributed by atoms with van der Waals surface area (Å²) in [6.45, 7) is 1.77. The van der Waals surface area contributed by atoms with Crippen molar-refractivity contribution < 1.29 is 41.9 Å². The van der Waals surface area contributed by atoms with Crippen LogP contribution in [0.25, 0.3) is 10.9 Å². The van der Waals surface area contributed by atoms with Crippen molar-refractivity contribution in [2.24, 2.45) is 5.73 Å². The highest BCUT2D eigenvalue weighted by atomic mass is 19.4. The summed E-state index contributed by atoms with van der Waals surface area (Å²) in [5.41, 5.74) is 6.63. The summed E-state index contributed by atoms with van der Waals surface area (Å²) in [6, 6.07) is 13.3. The fraction of sp³-hybridized carbons (Fsp3) is 0.458. The second-order valence-corrected chi connectivity index (χ2v) is 18.0. The van der Waals surface area contributed by atoms with Crippen molar-refractivity contribution in [2.75, 3.05) is 6.54 Å². The van der Waals surface area contributed by atoms with E-state index in [4.69, 9.17) is 5.73 Å². The monoisotopic (exact) mass is 896 g/mol. The molecule has 4 fully saturated rings. The summed E-state index contributed by atoms with van der Waals surface area (Å²) < 4.78 is 40.8. The summed E-state index contributed by atoms with van der Waals surface area (Å²) in [5.74, 6) is -3.82. The van der Waals surface area contributed by atoms with Crippen LogP contribution in [0.15, 0.2) is 85.1 Å². The second kappa shape index (κ2) is 18.7. The maximum absolute atomic E-state index is 15.2. The lowest BCUT2D eigenvalue weighted by molar-refractivity contribution is -0.153.